The molecular formula is C31H44N10O4. The van der Waals surface area contributed by atoms with Crippen molar-refractivity contribution in [3.05, 3.63) is 53.9 Å². The van der Waals surface area contributed by atoms with Gasteiger partial charge in [-0.05, 0) is 31.2 Å². The fourth-order valence-corrected chi connectivity index (χ4v) is 7.07. The molecule has 3 atom stereocenters. The van der Waals surface area contributed by atoms with E-state index in [2.05, 4.69) is 37.3 Å². The molecule has 1 saturated carbocycles. The van der Waals surface area contributed by atoms with Gasteiger partial charge in [-0.25, -0.2) is 5.53 Å². The number of guanidine groups is 1. The van der Waals surface area contributed by atoms with Crippen molar-refractivity contribution < 1.29 is 19.1 Å². The lowest BCUT2D eigenvalue weighted by Crippen LogP contribution is -2.66. The van der Waals surface area contributed by atoms with Crippen molar-refractivity contribution in [3.63, 3.8) is 0 Å². The molecule has 3 fully saturated rings. The van der Waals surface area contributed by atoms with E-state index in [9.17, 15) is 14.4 Å². The van der Waals surface area contributed by atoms with Crippen molar-refractivity contribution in [2.45, 2.75) is 57.7 Å². The highest BCUT2D eigenvalue weighted by atomic mass is 16.5. The molecule has 4 aliphatic rings. The van der Waals surface area contributed by atoms with Gasteiger partial charge in [0.15, 0.2) is 0 Å². The van der Waals surface area contributed by atoms with Gasteiger partial charge in [-0.1, -0.05) is 49.6 Å². The topological polar surface area (TPSA) is 157 Å². The predicted octanol–water partition coefficient (Wildman–Crippen LogP) is 0.405. The molecule has 1 spiro atoms. The molecule has 1 aromatic heterocycles. The summed E-state index contributed by atoms with van der Waals surface area (Å²) in [6.07, 6.45) is 8.76. The number of likely N-dealkylation sites (tertiary alicyclic amines) is 2. The van der Waals surface area contributed by atoms with Crippen molar-refractivity contribution in [2.75, 3.05) is 39.8 Å². The van der Waals surface area contributed by atoms with Crippen molar-refractivity contribution in [3.8, 4) is 0 Å². The highest BCUT2D eigenvalue weighted by Crippen LogP contribution is 2.44. The van der Waals surface area contributed by atoms with Crippen LogP contribution in [-0.4, -0.2) is 95.2 Å². The molecule has 3 aliphatic heterocycles. The van der Waals surface area contributed by atoms with Crippen LogP contribution in [0.15, 0.2) is 47.8 Å². The van der Waals surface area contributed by atoms with Crippen molar-refractivity contribution >= 4 is 23.7 Å². The second kappa shape index (κ2) is 13.4. The fraction of sp³-hybridized carbons (Fsp3) is 0.581. The van der Waals surface area contributed by atoms with Gasteiger partial charge in [0.25, 0.3) is 5.91 Å². The molecule has 3 amide bonds. The molecule has 14 nitrogen and oxygen atoms in total. The number of benzene rings is 1. The molecule has 0 radical (unpaired) electrons. The Morgan fingerprint density at radius 1 is 1.11 bits per heavy atom. The maximum absolute atomic E-state index is 14.0. The third kappa shape index (κ3) is 6.76. The van der Waals surface area contributed by atoms with Gasteiger partial charge in [0, 0.05) is 51.4 Å². The zero-order valence-electron chi connectivity index (χ0n) is 26.0. The van der Waals surface area contributed by atoms with Crippen LogP contribution in [0, 0.1) is 17.3 Å². The Hall–Kier alpha value is -4.17. The zero-order valence-corrected chi connectivity index (χ0v) is 26.0. The van der Waals surface area contributed by atoms with Crippen molar-refractivity contribution in [2.24, 2.45) is 22.4 Å². The van der Waals surface area contributed by atoms with Gasteiger partial charge < -0.3 is 25.2 Å². The Morgan fingerprint density at radius 3 is 2.60 bits per heavy atom. The van der Waals surface area contributed by atoms with E-state index in [-0.39, 0.29) is 24.3 Å². The number of hydrogen-bond donors (Lipinski definition) is 5. The summed E-state index contributed by atoms with van der Waals surface area (Å²) in [7, 11) is 1.56. The van der Waals surface area contributed by atoms with Gasteiger partial charge in [-0.15, -0.1) is 10.6 Å². The smallest absolute Gasteiger partial charge is 0.257 e. The van der Waals surface area contributed by atoms with Crippen LogP contribution in [0.3, 0.4) is 0 Å². The average molecular weight is 621 g/mol. The number of carbonyl (C=O) groups excluding carboxylic acids is 3. The SMILES string of the molecule is CNC(=O)[C@@H](NC(=O)[C@@H]1CN(C(=O)c2cnn(Cc3ccccc3)c2)CC12CN(C1=NNNN1)C2)[C@@H](C)OCC1CCCCC1. The second-order valence-corrected chi connectivity index (χ2v) is 12.8. The number of ether oxygens (including phenoxy) is 1. The number of nitrogens with zero attached hydrogens (tertiary/aromatic N) is 5. The van der Waals surface area contributed by atoms with E-state index in [1.165, 1.54) is 19.3 Å². The van der Waals surface area contributed by atoms with Crippen molar-refractivity contribution in [1.29, 1.82) is 0 Å². The van der Waals surface area contributed by atoms with E-state index in [4.69, 9.17) is 4.74 Å². The lowest BCUT2D eigenvalue weighted by atomic mass is 9.71. The number of hydrogen-bond acceptors (Lipinski definition) is 10. The Kier molecular flexibility index (Phi) is 9.21. The lowest BCUT2D eigenvalue weighted by molar-refractivity contribution is -0.138. The van der Waals surface area contributed by atoms with Gasteiger partial charge in [0.05, 0.1) is 30.3 Å². The summed E-state index contributed by atoms with van der Waals surface area (Å²) in [5.74, 6) is -0.160. The number of rotatable bonds is 10. The first-order chi connectivity index (χ1) is 21.8. The first-order valence-corrected chi connectivity index (χ1v) is 15.9. The third-order valence-electron chi connectivity index (χ3n) is 9.64. The van der Waals surface area contributed by atoms with Crippen LogP contribution in [0.4, 0.5) is 0 Å². The van der Waals surface area contributed by atoms with Crippen LogP contribution < -0.4 is 27.1 Å². The highest BCUT2D eigenvalue weighted by molar-refractivity contribution is 5.95. The van der Waals surface area contributed by atoms with Gasteiger partial charge in [-0.3, -0.25) is 24.5 Å². The molecule has 2 saturated heterocycles. The molecule has 0 unspecified atom stereocenters. The second-order valence-electron chi connectivity index (χ2n) is 12.8. The largest absolute Gasteiger partial charge is 0.376 e. The molecule has 5 N–H and O–H groups in total. The van der Waals surface area contributed by atoms with Gasteiger partial charge >= 0.3 is 0 Å². The predicted molar refractivity (Wildman–Crippen MR) is 166 cm³/mol. The molecular weight excluding hydrogens is 576 g/mol. The van der Waals surface area contributed by atoms with Crippen LogP contribution in [0.25, 0.3) is 0 Å². The van der Waals surface area contributed by atoms with Crippen LogP contribution in [0.2, 0.25) is 0 Å². The number of amides is 3. The van der Waals surface area contributed by atoms with Crippen LogP contribution >= 0.6 is 0 Å². The van der Waals surface area contributed by atoms with Gasteiger partial charge in [0.1, 0.15) is 6.04 Å². The van der Waals surface area contributed by atoms with E-state index in [1.54, 1.807) is 29.0 Å². The standard InChI is InChI=1S/C31H44N10O4/c1-21(45-17-23-11-7-4-8-12-23)26(28(43)32-2)34-27(42)25-16-39(18-31(25)19-40(20-31)30-35-37-38-36-30)29(44)24-13-33-41(15-24)14-22-9-5-3-6-10-22/h3,5-6,9-10,13,15,21,23,25-26,37-38H,4,7-8,11-12,14,16-20H2,1-2H3,(H,32,43)(H,34,42)(H,35,36)/t21-,25+,26+/m1/s1. The summed E-state index contributed by atoms with van der Waals surface area (Å²) in [6, 6.07) is 9.08. The molecule has 1 aromatic carbocycles. The number of aromatic nitrogens is 2. The Labute approximate surface area is 263 Å². The minimum Gasteiger partial charge on any atom is -0.376 e. The average Bonchev–Trinajstić information content (AvgIpc) is 3.82. The third-order valence-corrected chi connectivity index (χ3v) is 9.64. The summed E-state index contributed by atoms with van der Waals surface area (Å²) < 4.78 is 7.92. The molecule has 0 bridgehead atoms. The van der Waals surface area contributed by atoms with Crippen molar-refractivity contribution in [1.82, 2.24) is 46.7 Å². The summed E-state index contributed by atoms with van der Waals surface area (Å²) >= 11 is 0. The molecule has 242 valence electrons. The Bertz CT molecular complexity index is 1390. The fourth-order valence-electron chi connectivity index (χ4n) is 7.07. The van der Waals surface area contributed by atoms with E-state index in [0.717, 1.165) is 18.4 Å². The normalized spacial score (nSPS) is 22.2. The summed E-state index contributed by atoms with van der Waals surface area (Å²) in [5.41, 5.74) is 9.41. The molecule has 2 aromatic rings. The molecule has 14 heteroatoms. The molecule has 4 heterocycles. The highest BCUT2D eigenvalue weighted by Gasteiger charge is 2.59. The number of carbonyl (C=O) groups is 3. The van der Waals surface area contributed by atoms with E-state index >= 15 is 0 Å². The van der Waals surface area contributed by atoms with E-state index < -0.39 is 23.5 Å². The molecule has 1 aliphatic carbocycles. The number of hydrazine groups is 2. The van der Waals surface area contributed by atoms with Crippen LogP contribution in [0.1, 0.15) is 54.9 Å². The number of nitrogens with one attached hydrogen (secondary N) is 5. The van der Waals surface area contributed by atoms with E-state index in [0.29, 0.717) is 50.2 Å². The summed E-state index contributed by atoms with van der Waals surface area (Å²) in [5, 5.41) is 14.3. The Balaban J connectivity index is 1.15. The van der Waals surface area contributed by atoms with Crippen LogP contribution in [0.5, 0.6) is 0 Å². The number of likely N-dealkylation sites (N-methyl/N-ethyl adjacent to an activating group) is 1. The quantitative estimate of drug-likeness (QED) is 0.254. The maximum atomic E-state index is 14.0. The molecule has 6 rings (SSSR count). The minimum absolute atomic E-state index is 0.172. The van der Waals surface area contributed by atoms with Gasteiger partial charge in [-0.2, -0.15) is 5.10 Å². The summed E-state index contributed by atoms with van der Waals surface area (Å²) in [4.78, 5) is 44.5. The number of hydrazone groups is 1. The first kappa shape index (κ1) is 30.8. The minimum atomic E-state index is -0.852. The Morgan fingerprint density at radius 2 is 1.89 bits per heavy atom. The monoisotopic (exact) mass is 620 g/mol. The van der Waals surface area contributed by atoms with Crippen LogP contribution in [-0.2, 0) is 20.9 Å². The lowest BCUT2D eigenvalue weighted by Gasteiger charge is -2.50. The zero-order chi connectivity index (χ0) is 31.4. The molecule has 45 heavy (non-hydrogen) atoms. The van der Waals surface area contributed by atoms with Gasteiger partial charge in [0.2, 0.25) is 17.8 Å². The van der Waals surface area contributed by atoms with E-state index in [1.807, 2.05) is 42.2 Å². The summed E-state index contributed by atoms with van der Waals surface area (Å²) in [6.45, 7) is 4.64. The maximum Gasteiger partial charge on any atom is 0.257 e. The first-order valence-electron chi connectivity index (χ1n) is 15.9.